The molecule has 0 aromatic heterocycles. The minimum absolute atomic E-state index is 0.0214. The second kappa shape index (κ2) is 7.84. The average Bonchev–Trinajstić information content (AvgIpc) is 2.66. The van der Waals surface area contributed by atoms with E-state index in [1.807, 2.05) is 0 Å². The molecule has 1 aromatic carbocycles. The molecular weight excluding hydrogens is 453 g/mol. The molecule has 172 valence electrons. The Labute approximate surface area is 177 Å². The standard InChI is InChI=1S/C21H15BF10/c1-8-4-9(11(24)5-10(8)23)22(14-12(25)6-20(2,31)18(29)16(14)27)15-13(26)7-21(3,32)19(30)17(15)28/h4-7,18-19H,1-3H3. The van der Waals surface area contributed by atoms with Crippen LogP contribution in [0.2, 0.25) is 0 Å². The van der Waals surface area contributed by atoms with Crippen LogP contribution in [0.25, 0.3) is 0 Å². The van der Waals surface area contributed by atoms with E-state index in [2.05, 4.69) is 0 Å². The van der Waals surface area contributed by atoms with Gasteiger partial charge in [-0.25, -0.2) is 43.9 Å². The second-order valence-corrected chi connectivity index (χ2v) is 8.09. The molecular formula is C21H15BF10. The van der Waals surface area contributed by atoms with Gasteiger partial charge in [0.15, 0.2) is 23.7 Å². The molecule has 0 aliphatic heterocycles. The molecule has 32 heavy (non-hydrogen) atoms. The Kier molecular flexibility index (Phi) is 5.93. The largest absolute Gasteiger partial charge is 0.259 e. The Morgan fingerprint density at radius 3 is 1.53 bits per heavy atom. The molecule has 2 aliphatic rings. The van der Waals surface area contributed by atoms with Crippen molar-refractivity contribution in [3.8, 4) is 0 Å². The molecule has 11 heteroatoms. The first-order valence-corrected chi connectivity index (χ1v) is 9.28. The molecule has 0 saturated heterocycles. The summed E-state index contributed by atoms with van der Waals surface area (Å²) >= 11 is 0. The van der Waals surface area contributed by atoms with Gasteiger partial charge in [-0.3, -0.25) is 0 Å². The maximum Gasteiger partial charge on any atom is 0.259 e. The van der Waals surface area contributed by atoms with Crippen LogP contribution in [-0.2, 0) is 0 Å². The summed E-state index contributed by atoms with van der Waals surface area (Å²) in [5.41, 5.74) is -10.8. The number of hydrogen-bond donors (Lipinski definition) is 0. The molecule has 0 bridgehead atoms. The van der Waals surface area contributed by atoms with Crippen molar-refractivity contribution in [3.63, 3.8) is 0 Å². The fraction of sp³-hybridized carbons (Fsp3) is 0.333. The van der Waals surface area contributed by atoms with Gasteiger partial charge in [0, 0.05) is 17.0 Å². The van der Waals surface area contributed by atoms with Crippen LogP contribution in [0.1, 0.15) is 19.4 Å². The number of hydrogen-bond acceptors (Lipinski definition) is 0. The zero-order valence-electron chi connectivity index (χ0n) is 16.8. The normalized spacial score (nSPS) is 31.0. The van der Waals surface area contributed by atoms with E-state index in [0.29, 0.717) is 19.9 Å². The van der Waals surface area contributed by atoms with Crippen molar-refractivity contribution in [2.45, 2.75) is 44.5 Å². The van der Waals surface area contributed by atoms with E-state index in [1.165, 1.54) is 0 Å². The quantitative estimate of drug-likeness (QED) is 0.358. The van der Waals surface area contributed by atoms with Crippen molar-refractivity contribution in [1.29, 1.82) is 0 Å². The van der Waals surface area contributed by atoms with Crippen LogP contribution >= 0.6 is 0 Å². The van der Waals surface area contributed by atoms with Crippen molar-refractivity contribution in [2.24, 2.45) is 0 Å². The predicted molar refractivity (Wildman–Crippen MR) is 100.0 cm³/mol. The summed E-state index contributed by atoms with van der Waals surface area (Å²) < 4.78 is 145. The maximum atomic E-state index is 14.8. The van der Waals surface area contributed by atoms with Gasteiger partial charge in [-0.15, -0.1) is 0 Å². The highest BCUT2D eigenvalue weighted by molar-refractivity contribution is 6.87. The van der Waals surface area contributed by atoms with Gasteiger partial charge in [0.25, 0.3) is 6.71 Å². The van der Waals surface area contributed by atoms with Crippen molar-refractivity contribution in [1.82, 2.24) is 0 Å². The van der Waals surface area contributed by atoms with Crippen molar-refractivity contribution >= 4 is 12.2 Å². The molecule has 0 radical (unpaired) electrons. The van der Waals surface area contributed by atoms with Gasteiger partial charge < -0.3 is 0 Å². The van der Waals surface area contributed by atoms with Gasteiger partial charge in [-0.2, -0.15) is 0 Å². The van der Waals surface area contributed by atoms with Crippen LogP contribution in [0.15, 0.2) is 58.5 Å². The van der Waals surface area contributed by atoms with Gasteiger partial charge in [0.1, 0.15) is 34.9 Å². The van der Waals surface area contributed by atoms with E-state index in [-0.39, 0.29) is 23.8 Å². The van der Waals surface area contributed by atoms with Crippen molar-refractivity contribution in [3.05, 3.63) is 75.7 Å². The molecule has 0 saturated carbocycles. The van der Waals surface area contributed by atoms with E-state index in [1.54, 1.807) is 0 Å². The maximum absolute atomic E-state index is 14.8. The zero-order chi connectivity index (χ0) is 24.3. The highest BCUT2D eigenvalue weighted by atomic mass is 19.2. The molecule has 3 rings (SSSR count). The van der Waals surface area contributed by atoms with E-state index >= 15 is 0 Å². The zero-order valence-corrected chi connectivity index (χ0v) is 16.8. The van der Waals surface area contributed by atoms with Crippen LogP contribution < -0.4 is 5.46 Å². The number of rotatable bonds is 3. The molecule has 0 spiro atoms. The molecule has 0 amide bonds. The number of aryl methyl sites for hydroxylation is 1. The lowest BCUT2D eigenvalue weighted by molar-refractivity contribution is 0.113. The van der Waals surface area contributed by atoms with Crippen LogP contribution in [0.4, 0.5) is 43.9 Å². The molecule has 0 fully saturated rings. The van der Waals surface area contributed by atoms with Crippen LogP contribution in [0.3, 0.4) is 0 Å². The van der Waals surface area contributed by atoms with Gasteiger partial charge in [-0.1, -0.05) is 6.07 Å². The monoisotopic (exact) mass is 468 g/mol. The van der Waals surface area contributed by atoms with Gasteiger partial charge >= 0.3 is 0 Å². The first-order valence-electron chi connectivity index (χ1n) is 9.28. The predicted octanol–water partition coefficient (Wildman–Crippen LogP) is 6.37. The Bertz CT molecular complexity index is 1040. The van der Waals surface area contributed by atoms with Crippen LogP contribution in [0.5, 0.6) is 0 Å². The molecule has 1 aromatic rings. The Morgan fingerprint density at radius 2 is 1.12 bits per heavy atom. The molecule has 4 unspecified atom stereocenters. The van der Waals surface area contributed by atoms with Gasteiger partial charge in [-0.05, 0) is 43.9 Å². The molecule has 2 aliphatic carbocycles. The molecule has 0 heterocycles. The Morgan fingerprint density at radius 1 is 0.719 bits per heavy atom. The molecule has 4 atom stereocenters. The lowest BCUT2D eigenvalue weighted by atomic mass is 9.33. The molecule has 0 N–H and O–H groups in total. The number of allylic oxidation sites excluding steroid dienone is 8. The number of benzene rings is 1. The van der Waals surface area contributed by atoms with Gasteiger partial charge in [0.2, 0.25) is 0 Å². The minimum Gasteiger partial charge on any atom is -0.236 e. The van der Waals surface area contributed by atoms with E-state index in [9.17, 15) is 43.9 Å². The SMILES string of the molecule is Cc1cc(B(C2=C(F)C(F)C(C)(F)C=C2F)C2=C(F)C(F)C(C)(F)C=C2F)c(F)cc1F. The summed E-state index contributed by atoms with van der Waals surface area (Å²) in [5.74, 6) is -10.7. The van der Waals surface area contributed by atoms with Crippen LogP contribution in [0, 0.1) is 18.6 Å². The smallest absolute Gasteiger partial charge is 0.236 e. The van der Waals surface area contributed by atoms with Crippen molar-refractivity contribution in [2.75, 3.05) is 0 Å². The van der Waals surface area contributed by atoms with E-state index in [4.69, 9.17) is 0 Å². The highest BCUT2D eigenvalue weighted by Gasteiger charge is 2.51. The Hall–Kier alpha value is -2.46. The average molecular weight is 468 g/mol. The third-order valence-electron chi connectivity index (χ3n) is 5.45. The summed E-state index contributed by atoms with van der Waals surface area (Å²) in [6.45, 7) is -0.514. The molecule has 0 nitrogen and oxygen atoms in total. The summed E-state index contributed by atoms with van der Waals surface area (Å²) in [5, 5.41) is 0. The topological polar surface area (TPSA) is 0 Å². The van der Waals surface area contributed by atoms with E-state index in [0.717, 1.165) is 6.92 Å². The highest BCUT2D eigenvalue weighted by Crippen LogP contribution is 2.44. The van der Waals surface area contributed by atoms with Gasteiger partial charge in [0.05, 0.1) is 0 Å². The first kappa shape index (κ1) is 24.2. The number of alkyl halides is 4. The third-order valence-corrected chi connectivity index (χ3v) is 5.45. The lowest BCUT2D eigenvalue weighted by Gasteiger charge is -2.32. The summed E-state index contributed by atoms with van der Waals surface area (Å²) in [6, 6.07) is 0.866. The third kappa shape index (κ3) is 3.79. The summed E-state index contributed by atoms with van der Waals surface area (Å²) in [6.07, 6.45) is -6.36. The Balaban J connectivity index is 2.40. The fourth-order valence-electron chi connectivity index (χ4n) is 3.70. The number of halogens is 10. The first-order chi connectivity index (χ1) is 14.6. The summed E-state index contributed by atoms with van der Waals surface area (Å²) in [4.78, 5) is 0. The van der Waals surface area contributed by atoms with Crippen molar-refractivity contribution < 1.29 is 43.9 Å². The minimum atomic E-state index is -3.20. The summed E-state index contributed by atoms with van der Waals surface area (Å²) in [7, 11) is 0. The second-order valence-electron chi connectivity index (χ2n) is 8.09. The lowest BCUT2D eigenvalue weighted by Crippen LogP contribution is -2.46. The van der Waals surface area contributed by atoms with E-state index < -0.39 is 81.7 Å². The fourth-order valence-corrected chi connectivity index (χ4v) is 3.70. The van der Waals surface area contributed by atoms with Crippen LogP contribution in [-0.4, -0.2) is 30.4 Å².